The van der Waals surface area contributed by atoms with Gasteiger partial charge < -0.3 is 14.6 Å². The van der Waals surface area contributed by atoms with E-state index in [1.54, 1.807) is 31.4 Å². The number of thiazole rings is 1. The largest absolute Gasteiger partial charge is 0.382 e. The third-order valence-electron chi connectivity index (χ3n) is 7.11. The minimum atomic E-state index is -1.14. The van der Waals surface area contributed by atoms with Crippen LogP contribution < -0.4 is 0 Å². The van der Waals surface area contributed by atoms with Gasteiger partial charge in [-0.1, -0.05) is 0 Å². The Kier molecular flexibility index (Phi) is 6.43. The molecular weight excluding hydrogens is 470 g/mol. The Morgan fingerprint density at radius 3 is 2.61 bits per heavy atom. The second-order valence-electron chi connectivity index (χ2n) is 10.5. The van der Waals surface area contributed by atoms with Gasteiger partial charge in [-0.25, -0.2) is 15.0 Å². The van der Waals surface area contributed by atoms with E-state index in [0.29, 0.717) is 11.7 Å². The number of piperidine rings is 1. The topological polar surface area (TPSA) is 84.1 Å². The molecule has 1 saturated heterocycles. The van der Waals surface area contributed by atoms with E-state index in [1.165, 1.54) is 5.69 Å². The lowest BCUT2D eigenvalue weighted by atomic mass is 9.91. The van der Waals surface area contributed by atoms with Crippen molar-refractivity contribution in [1.82, 2.24) is 24.4 Å². The normalized spacial score (nSPS) is 15.1. The highest BCUT2D eigenvalue weighted by Crippen LogP contribution is 2.33. The van der Waals surface area contributed by atoms with Crippen LogP contribution in [0.15, 0.2) is 36.0 Å². The summed E-state index contributed by atoms with van der Waals surface area (Å²) >= 11 is 1.70. The monoisotopic (exact) mass is 503 g/mol. The zero-order valence-corrected chi connectivity index (χ0v) is 22.4. The highest BCUT2D eigenvalue weighted by molar-refractivity contribution is 7.09. The first kappa shape index (κ1) is 24.6. The van der Waals surface area contributed by atoms with E-state index in [4.69, 9.17) is 0 Å². The smallest absolute Gasteiger partial charge is 0.254 e. The molecular formula is C28H33N5O2S. The average Bonchev–Trinajstić information content (AvgIpc) is 3.40. The zero-order chi connectivity index (χ0) is 25.6. The van der Waals surface area contributed by atoms with E-state index in [0.717, 1.165) is 70.6 Å². The van der Waals surface area contributed by atoms with E-state index in [1.807, 2.05) is 44.1 Å². The lowest BCUT2D eigenvalue weighted by molar-refractivity contribution is 0.0683. The highest BCUT2D eigenvalue weighted by atomic mass is 32.1. The van der Waals surface area contributed by atoms with Crippen LogP contribution in [0.3, 0.4) is 0 Å². The summed E-state index contributed by atoms with van der Waals surface area (Å²) in [4.78, 5) is 29.1. The molecule has 0 atom stereocenters. The number of aliphatic hydroxyl groups is 1. The molecule has 5 rings (SSSR count). The van der Waals surface area contributed by atoms with Gasteiger partial charge in [-0.05, 0) is 76.6 Å². The summed E-state index contributed by atoms with van der Waals surface area (Å²) < 4.78 is 2.06. The quantitative estimate of drug-likeness (QED) is 0.413. The van der Waals surface area contributed by atoms with Gasteiger partial charge in [0.05, 0.1) is 16.4 Å². The van der Waals surface area contributed by atoms with E-state index < -0.39 is 5.60 Å². The summed E-state index contributed by atoms with van der Waals surface area (Å²) in [5, 5.41) is 14.6. The summed E-state index contributed by atoms with van der Waals surface area (Å²) in [6, 6.07) is 5.94. The van der Waals surface area contributed by atoms with E-state index in [9.17, 15) is 9.90 Å². The third kappa shape index (κ3) is 4.80. The molecule has 0 spiro atoms. The van der Waals surface area contributed by atoms with Crippen LogP contribution in [0, 0.1) is 19.8 Å². The Morgan fingerprint density at radius 2 is 1.94 bits per heavy atom. The van der Waals surface area contributed by atoms with Crippen molar-refractivity contribution in [3.63, 3.8) is 0 Å². The van der Waals surface area contributed by atoms with Crippen LogP contribution >= 0.6 is 11.3 Å². The maximum atomic E-state index is 13.6. The van der Waals surface area contributed by atoms with E-state index in [2.05, 4.69) is 31.0 Å². The van der Waals surface area contributed by atoms with Crippen LogP contribution in [-0.4, -0.2) is 48.5 Å². The molecule has 1 aliphatic rings. The fraction of sp³-hybridized carbons (Fsp3) is 0.429. The lowest BCUT2D eigenvalue weighted by Gasteiger charge is -2.32. The van der Waals surface area contributed by atoms with Gasteiger partial charge in [0.2, 0.25) is 0 Å². The number of nitrogens with zero attached hydrogens (tertiary/aromatic N) is 5. The fourth-order valence-electron chi connectivity index (χ4n) is 5.08. The van der Waals surface area contributed by atoms with Crippen molar-refractivity contribution in [1.29, 1.82) is 0 Å². The fourth-order valence-corrected chi connectivity index (χ4v) is 5.70. The molecule has 4 aromatic rings. The van der Waals surface area contributed by atoms with Crippen molar-refractivity contribution < 1.29 is 9.90 Å². The molecule has 1 amide bonds. The molecule has 1 aliphatic heterocycles. The van der Waals surface area contributed by atoms with Gasteiger partial charge in [-0.2, -0.15) is 0 Å². The first-order chi connectivity index (χ1) is 17.1. The molecule has 36 heavy (non-hydrogen) atoms. The van der Waals surface area contributed by atoms with Crippen LogP contribution in [0.2, 0.25) is 0 Å². The third-order valence-corrected chi connectivity index (χ3v) is 7.93. The predicted molar refractivity (Wildman–Crippen MR) is 143 cm³/mol. The van der Waals surface area contributed by atoms with Gasteiger partial charge in [0.1, 0.15) is 5.60 Å². The van der Waals surface area contributed by atoms with Crippen molar-refractivity contribution >= 4 is 28.1 Å². The van der Waals surface area contributed by atoms with Crippen molar-refractivity contribution in [3.05, 3.63) is 63.6 Å². The van der Waals surface area contributed by atoms with Gasteiger partial charge in [-0.3, -0.25) is 4.79 Å². The second kappa shape index (κ2) is 9.41. The number of carbonyl (C=O) groups excluding carboxylic acids is 1. The van der Waals surface area contributed by atoms with Crippen molar-refractivity contribution in [2.45, 2.75) is 52.6 Å². The van der Waals surface area contributed by atoms with Gasteiger partial charge >= 0.3 is 0 Å². The summed E-state index contributed by atoms with van der Waals surface area (Å²) in [5.74, 6) is 1.03. The summed E-state index contributed by atoms with van der Waals surface area (Å²) in [6.07, 6.45) is 6.70. The van der Waals surface area contributed by atoms with Crippen LogP contribution in [0.25, 0.3) is 22.2 Å². The van der Waals surface area contributed by atoms with Crippen LogP contribution in [0.5, 0.6) is 0 Å². The minimum Gasteiger partial charge on any atom is -0.382 e. The summed E-state index contributed by atoms with van der Waals surface area (Å²) in [7, 11) is 2.00. The Balaban J connectivity index is 1.40. The molecule has 0 radical (unpaired) electrons. The second-order valence-corrected chi connectivity index (χ2v) is 11.5. The molecule has 0 bridgehead atoms. The van der Waals surface area contributed by atoms with E-state index in [-0.39, 0.29) is 5.91 Å². The summed E-state index contributed by atoms with van der Waals surface area (Å²) in [6.45, 7) is 8.95. The number of hydrogen-bond acceptors (Lipinski definition) is 6. The first-order valence-corrected chi connectivity index (χ1v) is 13.3. The number of likely N-dealkylation sites (tertiary alicyclic amines) is 1. The Morgan fingerprint density at radius 1 is 1.19 bits per heavy atom. The lowest BCUT2D eigenvalue weighted by Crippen LogP contribution is -2.39. The number of fused-ring (bicyclic) bond motifs is 1. The molecule has 1 fully saturated rings. The molecule has 1 aromatic carbocycles. The number of rotatable bonds is 5. The van der Waals surface area contributed by atoms with Crippen LogP contribution in [-0.2, 0) is 19.1 Å². The number of aryl methyl sites for hydroxylation is 3. The Labute approximate surface area is 215 Å². The standard InChI is InChI=1S/C28H33N5O2S/c1-17-12-25-22(23(15-32(25)5)24-6-9-29-27(31-24)28(3,4)35)14-21(17)26(34)33-10-7-19(8-11-33)13-20-16-36-18(2)30-20/h6,9,12,14-16,19,35H,7-8,10-11,13H2,1-5H3. The highest BCUT2D eigenvalue weighted by Gasteiger charge is 2.26. The van der Waals surface area contributed by atoms with Crippen molar-refractivity contribution in [2.24, 2.45) is 13.0 Å². The van der Waals surface area contributed by atoms with Gasteiger partial charge in [0.25, 0.3) is 5.91 Å². The van der Waals surface area contributed by atoms with E-state index >= 15 is 0 Å². The number of carbonyl (C=O) groups is 1. The molecule has 0 saturated carbocycles. The summed E-state index contributed by atoms with van der Waals surface area (Å²) in [5.41, 5.74) is 4.44. The number of hydrogen-bond donors (Lipinski definition) is 1. The van der Waals surface area contributed by atoms with Crippen LogP contribution in [0.1, 0.15) is 59.1 Å². The zero-order valence-electron chi connectivity index (χ0n) is 21.6. The van der Waals surface area contributed by atoms with Crippen LogP contribution in [0.4, 0.5) is 0 Å². The molecule has 8 heteroatoms. The molecule has 4 heterocycles. The molecule has 0 unspecified atom stereocenters. The maximum absolute atomic E-state index is 13.6. The first-order valence-electron chi connectivity index (χ1n) is 12.5. The Hall–Kier alpha value is -3.10. The van der Waals surface area contributed by atoms with Gasteiger partial charge in [0.15, 0.2) is 5.82 Å². The SMILES string of the molecule is Cc1nc(CC2CCN(C(=O)c3cc4c(-c5ccnc(C(C)(C)O)n5)cn(C)c4cc3C)CC2)cs1. The molecule has 1 N–H and O–H groups in total. The predicted octanol–water partition coefficient (Wildman–Crippen LogP) is 5.03. The Bertz CT molecular complexity index is 1420. The average molecular weight is 504 g/mol. The van der Waals surface area contributed by atoms with Gasteiger partial charge in [0, 0.05) is 59.9 Å². The molecule has 0 aliphatic carbocycles. The number of aromatic nitrogens is 4. The van der Waals surface area contributed by atoms with Crippen molar-refractivity contribution in [3.8, 4) is 11.3 Å². The minimum absolute atomic E-state index is 0.0898. The maximum Gasteiger partial charge on any atom is 0.254 e. The number of amides is 1. The van der Waals surface area contributed by atoms with Crippen molar-refractivity contribution in [2.75, 3.05) is 13.1 Å². The van der Waals surface area contributed by atoms with Gasteiger partial charge in [-0.15, -0.1) is 11.3 Å². The molecule has 7 nitrogen and oxygen atoms in total. The number of benzene rings is 1. The molecule has 3 aromatic heterocycles. The molecule has 188 valence electrons.